The minimum absolute atomic E-state index is 0.133. The third-order valence-corrected chi connectivity index (χ3v) is 4.32. The smallest absolute Gasteiger partial charge is 0.381 e. The first kappa shape index (κ1) is 23.8. The van der Waals surface area contributed by atoms with Crippen molar-refractivity contribution in [2.45, 2.75) is 30.7 Å². The minimum atomic E-state index is -5.44. The van der Waals surface area contributed by atoms with Crippen molar-refractivity contribution in [3.63, 3.8) is 0 Å². The fraction of sp³-hybridized carbons (Fsp3) is 0.333. The van der Waals surface area contributed by atoms with E-state index in [0.717, 1.165) is 12.1 Å². The summed E-state index contributed by atoms with van der Waals surface area (Å²) in [5.41, 5.74) is -3.06. The lowest BCUT2D eigenvalue weighted by molar-refractivity contribution is -0.260. The molecule has 30 heavy (non-hydrogen) atoms. The molecule has 2 aromatic rings. The second-order valence-electron chi connectivity index (χ2n) is 6.36. The number of anilines is 1. The third kappa shape index (κ3) is 4.98. The predicted octanol–water partition coefficient (Wildman–Crippen LogP) is 5.04. The molecule has 2 rings (SSSR count). The van der Waals surface area contributed by atoms with Crippen LogP contribution in [0.4, 0.5) is 45.2 Å². The highest BCUT2D eigenvalue weighted by Gasteiger charge is 2.55. The van der Waals surface area contributed by atoms with E-state index in [1.165, 1.54) is 0 Å². The molecule has 1 atom stereocenters. The number of halogens is 9. The topological polar surface area (TPSA) is 58.3 Å². The first-order valence-corrected chi connectivity index (χ1v) is 8.20. The van der Waals surface area contributed by atoms with Gasteiger partial charge in [0.2, 0.25) is 5.60 Å². The summed E-state index contributed by atoms with van der Waals surface area (Å²) in [6, 6.07) is 4.45. The van der Waals surface area contributed by atoms with Crippen molar-refractivity contribution in [3.8, 4) is 0 Å². The molecule has 0 aliphatic rings. The quantitative estimate of drug-likeness (QED) is 0.564. The van der Waals surface area contributed by atoms with Gasteiger partial charge in [-0.1, -0.05) is 18.2 Å². The van der Waals surface area contributed by atoms with Crippen LogP contribution >= 0.6 is 0 Å². The standard InChI is InChI=1S/C18H15F9N2O/c19-16(20,21)12-3-1-2-11(6-12)15(30,18(25,26)27)9-29-13-5-4-10(8-28)14(7-13)17(22,23)24/h1-7,29-30H,8-9,28H2/t15-/m0/s1. The molecule has 0 bridgehead atoms. The summed E-state index contributed by atoms with van der Waals surface area (Å²) in [5, 5.41) is 12.2. The largest absolute Gasteiger partial charge is 0.423 e. The maximum Gasteiger partial charge on any atom is 0.423 e. The van der Waals surface area contributed by atoms with Crippen molar-refractivity contribution < 1.29 is 44.6 Å². The van der Waals surface area contributed by atoms with Gasteiger partial charge in [0.05, 0.1) is 17.7 Å². The molecular formula is C18H15F9N2O. The van der Waals surface area contributed by atoms with E-state index in [1.54, 1.807) is 0 Å². The first-order chi connectivity index (χ1) is 13.6. The summed E-state index contributed by atoms with van der Waals surface area (Å²) in [4.78, 5) is 0. The Bertz CT molecular complexity index is 890. The molecule has 0 saturated carbocycles. The van der Waals surface area contributed by atoms with Crippen LogP contribution in [0.2, 0.25) is 0 Å². The van der Waals surface area contributed by atoms with Gasteiger partial charge in [-0.05, 0) is 35.4 Å². The molecule has 0 amide bonds. The van der Waals surface area contributed by atoms with Gasteiger partial charge in [-0.2, -0.15) is 39.5 Å². The van der Waals surface area contributed by atoms with Crippen LogP contribution in [0.25, 0.3) is 0 Å². The number of benzene rings is 2. The zero-order chi connectivity index (χ0) is 23.0. The van der Waals surface area contributed by atoms with Crippen molar-refractivity contribution in [1.82, 2.24) is 0 Å². The Balaban J connectivity index is 2.42. The molecule has 4 N–H and O–H groups in total. The molecule has 166 valence electrons. The van der Waals surface area contributed by atoms with E-state index in [9.17, 15) is 44.6 Å². The van der Waals surface area contributed by atoms with Crippen LogP contribution in [0.3, 0.4) is 0 Å². The van der Waals surface area contributed by atoms with Crippen molar-refractivity contribution in [2.24, 2.45) is 5.73 Å². The van der Waals surface area contributed by atoms with Gasteiger partial charge in [-0.15, -0.1) is 0 Å². The Morgan fingerprint density at radius 2 is 1.40 bits per heavy atom. The van der Waals surface area contributed by atoms with Gasteiger partial charge in [-0.25, -0.2) is 0 Å². The van der Waals surface area contributed by atoms with E-state index in [-0.39, 0.29) is 11.6 Å². The lowest BCUT2D eigenvalue weighted by Crippen LogP contribution is -2.48. The predicted molar refractivity (Wildman–Crippen MR) is 89.2 cm³/mol. The molecular weight excluding hydrogens is 431 g/mol. The van der Waals surface area contributed by atoms with E-state index in [1.807, 2.05) is 5.32 Å². The summed E-state index contributed by atoms with van der Waals surface area (Å²) in [6.45, 7) is -1.91. The Morgan fingerprint density at radius 1 is 0.800 bits per heavy atom. The summed E-state index contributed by atoms with van der Waals surface area (Å²) in [6.07, 6.45) is -15.2. The summed E-state index contributed by atoms with van der Waals surface area (Å²) in [7, 11) is 0. The van der Waals surface area contributed by atoms with Crippen molar-refractivity contribution in [1.29, 1.82) is 0 Å². The molecule has 0 fully saturated rings. The molecule has 2 aromatic carbocycles. The van der Waals surface area contributed by atoms with Crippen LogP contribution in [-0.4, -0.2) is 17.8 Å². The van der Waals surface area contributed by atoms with Gasteiger partial charge in [0.1, 0.15) is 0 Å². The fourth-order valence-corrected chi connectivity index (χ4v) is 2.68. The number of nitrogens with two attached hydrogens (primary N) is 1. The van der Waals surface area contributed by atoms with Crippen LogP contribution < -0.4 is 11.1 Å². The molecule has 12 heteroatoms. The van der Waals surface area contributed by atoms with Crippen LogP contribution in [0.1, 0.15) is 22.3 Å². The third-order valence-electron chi connectivity index (χ3n) is 4.32. The van der Waals surface area contributed by atoms with E-state index in [2.05, 4.69) is 0 Å². The van der Waals surface area contributed by atoms with Crippen molar-refractivity contribution in [2.75, 3.05) is 11.9 Å². The van der Waals surface area contributed by atoms with E-state index >= 15 is 0 Å². The molecule has 0 aliphatic heterocycles. The first-order valence-electron chi connectivity index (χ1n) is 8.20. The highest BCUT2D eigenvalue weighted by molar-refractivity contribution is 5.50. The number of hydrogen-bond acceptors (Lipinski definition) is 3. The minimum Gasteiger partial charge on any atom is -0.381 e. The van der Waals surface area contributed by atoms with Gasteiger partial charge in [0.15, 0.2) is 0 Å². The average molecular weight is 446 g/mol. The average Bonchev–Trinajstić information content (AvgIpc) is 2.63. The number of hydrogen-bond donors (Lipinski definition) is 3. The number of alkyl halides is 9. The molecule has 0 unspecified atom stereocenters. The molecule has 0 spiro atoms. The molecule has 0 heterocycles. The molecule has 0 radical (unpaired) electrons. The normalized spacial score (nSPS) is 15.0. The van der Waals surface area contributed by atoms with E-state index in [4.69, 9.17) is 5.73 Å². The molecule has 0 aromatic heterocycles. The second-order valence-corrected chi connectivity index (χ2v) is 6.36. The summed E-state index contributed by atoms with van der Waals surface area (Å²) < 4.78 is 118. The fourth-order valence-electron chi connectivity index (χ4n) is 2.68. The van der Waals surface area contributed by atoms with Crippen LogP contribution in [-0.2, 0) is 24.5 Å². The van der Waals surface area contributed by atoms with Gasteiger partial charge >= 0.3 is 18.5 Å². The number of nitrogens with one attached hydrogen (secondary N) is 1. The SMILES string of the molecule is NCc1ccc(NC[C@](O)(c2cccc(C(F)(F)F)c2)C(F)(F)F)cc1C(F)(F)F. The van der Waals surface area contributed by atoms with E-state index < -0.39 is 59.6 Å². The highest BCUT2D eigenvalue weighted by atomic mass is 19.4. The Kier molecular flexibility index (Phi) is 6.34. The molecule has 0 aliphatic carbocycles. The van der Waals surface area contributed by atoms with Gasteiger partial charge < -0.3 is 16.2 Å². The van der Waals surface area contributed by atoms with E-state index in [0.29, 0.717) is 24.3 Å². The van der Waals surface area contributed by atoms with Crippen molar-refractivity contribution in [3.05, 3.63) is 64.7 Å². The Labute approximate surface area is 164 Å². The Hall–Kier alpha value is -2.47. The van der Waals surface area contributed by atoms with Gasteiger partial charge in [0, 0.05) is 12.2 Å². The second kappa shape index (κ2) is 7.99. The summed E-state index contributed by atoms with van der Waals surface area (Å²) >= 11 is 0. The number of rotatable bonds is 5. The summed E-state index contributed by atoms with van der Waals surface area (Å²) in [5.74, 6) is 0. The van der Waals surface area contributed by atoms with Gasteiger partial charge in [-0.3, -0.25) is 0 Å². The number of aliphatic hydroxyl groups is 1. The van der Waals surface area contributed by atoms with Gasteiger partial charge in [0.25, 0.3) is 0 Å². The maximum atomic E-state index is 13.5. The van der Waals surface area contributed by atoms with Crippen LogP contribution in [0, 0.1) is 0 Å². The maximum absolute atomic E-state index is 13.5. The monoisotopic (exact) mass is 446 g/mol. The lowest BCUT2D eigenvalue weighted by Gasteiger charge is -2.32. The zero-order valence-electron chi connectivity index (χ0n) is 14.9. The highest BCUT2D eigenvalue weighted by Crippen LogP contribution is 2.41. The Morgan fingerprint density at radius 3 is 1.90 bits per heavy atom. The zero-order valence-corrected chi connectivity index (χ0v) is 14.9. The molecule has 0 saturated heterocycles. The lowest BCUT2D eigenvalue weighted by atomic mass is 9.91. The van der Waals surface area contributed by atoms with Crippen molar-refractivity contribution >= 4 is 5.69 Å². The van der Waals surface area contributed by atoms with Crippen LogP contribution in [0.15, 0.2) is 42.5 Å². The van der Waals surface area contributed by atoms with Crippen LogP contribution in [0.5, 0.6) is 0 Å². The molecule has 3 nitrogen and oxygen atoms in total.